The lowest BCUT2D eigenvalue weighted by Crippen LogP contribution is -2.51. The van der Waals surface area contributed by atoms with Gasteiger partial charge in [0, 0.05) is 50.3 Å². The van der Waals surface area contributed by atoms with Crippen LogP contribution in [0.15, 0.2) is 0 Å². The molecule has 4 unspecified atom stereocenters. The van der Waals surface area contributed by atoms with E-state index in [0.717, 1.165) is 26.2 Å². The zero-order chi connectivity index (χ0) is 12.0. The fraction of sp³-hybridized carbons (Fsp3) is 1.00. The van der Waals surface area contributed by atoms with E-state index in [0.29, 0.717) is 24.2 Å². The van der Waals surface area contributed by atoms with Gasteiger partial charge in [0.15, 0.2) is 0 Å². The Kier molecular flexibility index (Phi) is 9.53. The zero-order valence-corrected chi connectivity index (χ0v) is 14.1. The van der Waals surface area contributed by atoms with Gasteiger partial charge in [-0.3, -0.25) is 0 Å². The molecule has 5 heteroatoms. The third-order valence-corrected chi connectivity index (χ3v) is 3.09. The maximum absolute atomic E-state index is 3.54. The predicted molar refractivity (Wildman–Crippen MR) is 78.4 cm³/mol. The van der Waals surface area contributed by atoms with Crippen LogP contribution < -0.4 is 21.3 Å². The molecule has 0 aliphatic carbocycles. The predicted octanol–water partition coefficient (Wildman–Crippen LogP) is -1.00. The van der Waals surface area contributed by atoms with Gasteiger partial charge in [-0.15, -0.1) is 0 Å². The van der Waals surface area contributed by atoms with Crippen molar-refractivity contribution in [2.75, 3.05) is 26.2 Å². The molecule has 1 rings (SSSR count). The van der Waals surface area contributed by atoms with Crippen LogP contribution in [0.5, 0.6) is 0 Å². The smallest absolute Gasteiger partial charge is 0.146 e. The van der Waals surface area contributed by atoms with Crippen molar-refractivity contribution in [3.63, 3.8) is 0 Å². The van der Waals surface area contributed by atoms with Crippen LogP contribution in [0.2, 0.25) is 0 Å². The van der Waals surface area contributed by atoms with Crippen LogP contribution in [0.1, 0.15) is 27.7 Å². The van der Waals surface area contributed by atoms with Crippen LogP contribution in [0.25, 0.3) is 0 Å². The Hall–Kier alpha value is 0.372. The van der Waals surface area contributed by atoms with Crippen LogP contribution in [0.3, 0.4) is 0 Å². The van der Waals surface area contributed by atoms with Crippen LogP contribution >= 0.6 is 0 Å². The summed E-state index contributed by atoms with van der Waals surface area (Å²) in [7, 11) is 0. The fourth-order valence-corrected chi connectivity index (χ4v) is 1.80. The third-order valence-electron chi connectivity index (χ3n) is 3.09. The summed E-state index contributed by atoms with van der Waals surface area (Å²) in [6.45, 7) is 13.0. The van der Waals surface area contributed by atoms with Gasteiger partial charge in [0.2, 0.25) is 0 Å². The summed E-state index contributed by atoms with van der Waals surface area (Å²) < 4.78 is 0. The van der Waals surface area contributed by atoms with Crippen LogP contribution in [-0.2, 0) is 0 Å². The number of hydrogen-bond acceptors (Lipinski definition) is 4. The molecule has 1 heterocycles. The van der Waals surface area contributed by atoms with Crippen LogP contribution in [0.4, 0.5) is 0 Å². The molecule has 4 atom stereocenters. The van der Waals surface area contributed by atoms with Crippen LogP contribution in [-0.4, -0.2) is 67.7 Å². The SMILES string of the molecule is CC1CNC(C)CNC(C)CNC(C)CN1.[AlH2]. The molecule has 1 aliphatic heterocycles. The van der Waals surface area contributed by atoms with Gasteiger partial charge in [0.25, 0.3) is 0 Å². The molecule has 4 nitrogen and oxygen atoms in total. The van der Waals surface area contributed by atoms with Crippen molar-refractivity contribution in [2.24, 2.45) is 0 Å². The summed E-state index contributed by atoms with van der Waals surface area (Å²) >= 11 is 0. The molecule has 0 aromatic carbocycles. The second kappa shape index (κ2) is 9.32. The van der Waals surface area contributed by atoms with E-state index in [1.807, 2.05) is 0 Å². The zero-order valence-electron chi connectivity index (χ0n) is 12.1. The first-order valence-electron chi connectivity index (χ1n) is 6.51. The van der Waals surface area contributed by atoms with E-state index >= 15 is 0 Å². The minimum atomic E-state index is 0. The average molecular weight is 257 g/mol. The summed E-state index contributed by atoms with van der Waals surface area (Å²) in [5, 5.41) is 14.2. The van der Waals surface area contributed by atoms with Gasteiger partial charge in [-0.1, -0.05) is 0 Å². The second-order valence-electron chi connectivity index (χ2n) is 5.24. The first-order chi connectivity index (χ1) is 7.58. The third kappa shape index (κ3) is 8.15. The quantitative estimate of drug-likeness (QED) is 0.420. The second-order valence-corrected chi connectivity index (χ2v) is 5.24. The van der Waals surface area contributed by atoms with E-state index in [-0.39, 0.29) is 17.4 Å². The maximum atomic E-state index is 3.54. The molecule has 1 fully saturated rings. The highest BCUT2D eigenvalue weighted by Gasteiger charge is 2.11. The van der Waals surface area contributed by atoms with Crippen molar-refractivity contribution in [3.05, 3.63) is 0 Å². The van der Waals surface area contributed by atoms with Gasteiger partial charge in [0.1, 0.15) is 17.4 Å². The van der Waals surface area contributed by atoms with Gasteiger partial charge < -0.3 is 21.3 Å². The highest BCUT2D eigenvalue weighted by Crippen LogP contribution is 1.90. The lowest BCUT2D eigenvalue weighted by molar-refractivity contribution is 0.376. The number of rotatable bonds is 0. The molecule has 1 aliphatic rings. The Bertz CT molecular complexity index is 135. The Morgan fingerprint density at radius 2 is 0.706 bits per heavy atom. The molecular weight excluding hydrogens is 227 g/mol. The van der Waals surface area contributed by atoms with Crippen molar-refractivity contribution in [2.45, 2.75) is 51.9 Å². The van der Waals surface area contributed by atoms with Gasteiger partial charge in [0.05, 0.1) is 0 Å². The van der Waals surface area contributed by atoms with E-state index in [2.05, 4.69) is 49.0 Å². The van der Waals surface area contributed by atoms with E-state index in [9.17, 15) is 0 Å². The van der Waals surface area contributed by atoms with Crippen molar-refractivity contribution >= 4 is 17.4 Å². The minimum absolute atomic E-state index is 0. The summed E-state index contributed by atoms with van der Waals surface area (Å²) in [6.07, 6.45) is 0. The largest absolute Gasteiger partial charge is 0.311 e. The van der Waals surface area contributed by atoms with Gasteiger partial charge in [-0.2, -0.15) is 0 Å². The van der Waals surface area contributed by atoms with Crippen molar-refractivity contribution < 1.29 is 0 Å². The lowest BCUT2D eigenvalue weighted by Gasteiger charge is -2.26. The average Bonchev–Trinajstić information content (AvgIpc) is 2.27. The molecule has 4 N–H and O–H groups in total. The molecule has 17 heavy (non-hydrogen) atoms. The molecular formula is C12H30AlN4. The Labute approximate surface area is 117 Å². The van der Waals surface area contributed by atoms with E-state index in [1.165, 1.54) is 0 Å². The molecule has 0 aromatic heterocycles. The Morgan fingerprint density at radius 1 is 0.529 bits per heavy atom. The monoisotopic (exact) mass is 257 g/mol. The van der Waals surface area contributed by atoms with Gasteiger partial charge >= 0.3 is 0 Å². The summed E-state index contributed by atoms with van der Waals surface area (Å²) in [5.41, 5.74) is 0. The van der Waals surface area contributed by atoms with Crippen LogP contribution in [0, 0.1) is 0 Å². The van der Waals surface area contributed by atoms with Gasteiger partial charge in [-0.05, 0) is 27.7 Å². The first-order valence-corrected chi connectivity index (χ1v) is 6.51. The van der Waals surface area contributed by atoms with E-state index in [1.54, 1.807) is 0 Å². The molecule has 0 bridgehead atoms. The molecule has 0 amide bonds. The summed E-state index contributed by atoms with van der Waals surface area (Å²) in [5.74, 6) is 0. The number of hydrogen-bond donors (Lipinski definition) is 4. The molecule has 0 spiro atoms. The Balaban J connectivity index is 0.00000256. The van der Waals surface area contributed by atoms with Crippen molar-refractivity contribution in [1.82, 2.24) is 21.3 Å². The summed E-state index contributed by atoms with van der Waals surface area (Å²) in [6, 6.07) is 2.12. The topological polar surface area (TPSA) is 48.1 Å². The Morgan fingerprint density at radius 3 is 0.882 bits per heavy atom. The maximum Gasteiger partial charge on any atom is 0.146 e. The minimum Gasteiger partial charge on any atom is -0.311 e. The standard InChI is InChI=1S/C12H28N4.Al.2H/c1-9-5-14-11(3)7-16-12(4)8-15-10(2)6-13-9;;;/h9-16H,5-8H2,1-4H3;;;. The van der Waals surface area contributed by atoms with Crippen molar-refractivity contribution in [1.29, 1.82) is 0 Å². The lowest BCUT2D eigenvalue weighted by atomic mass is 10.2. The molecule has 0 saturated carbocycles. The first kappa shape index (κ1) is 17.4. The van der Waals surface area contributed by atoms with E-state index < -0.39 is 0 Å². The molecule has 1 saturated heterocycles. The number of nitrogens with one attached hydrogen (secondary N) is 4. The van der Waals surface area contributed by atoms with Gasteiger partial charge in [-0.25, -0.2) is 0 Å². The fourth-order valence-electron chi connectivity index (χ4n) is 1.80. The molecule has 1 radical (unpaired) electrons. The molecule has 0 aromatic rings. The van der Waals surface area contributed by atoms with E-state index in [4.69, 9.17) is 0 Å². The highest BCUT2D eigenvalue weighted by molar-refractivity contribution is 5.75. The summed E-state index contributed by atoms with van der Waals surface area (Å²) in [4.78, 5) is 0. The van der Waals surface area contributed by atoms with Crippen molar-refractivity contribution in [3.8, 4) is 0 Å². The highest BCUT2D eigenvalue weighted by atomic mass is 27.0. The normalized spacial score (nSPS) is 37.4. The molecule has 101 valence electrons.